The third kappa shape index (κ3) is 8.73. The van der Waals surface area contributed by atoms with Crippen LogP contribution >= 0.6 is 11.6 Å². The maximum Gasteiger partial charge on any atom is 0.417 e. The summed E-state index contributed by atoms with van der Waals surface area (Å²) in [5.41, 5.74) is -0.750. The zero-order valence-electron chi connectivity index (χ0n) is 24.1. The first-order chi connectivity index (χ1) is 20.3. The molecule has 3 aromatic rings. The summed E-state index contributed by atoms with van der Waals surface area (Å²) in [5, 5.41) is 2.27. The van der Waals surface area contributed by atoms with Gasteiger partial charge in [-0.2, -0.15) is 13.2 Å². The minimum Gasteiger partial charge on any atom is -0.352 e. The number of carbonyl (C=O) groups is 2. The van der Waals surface area contributed by atoms with Crippen LogP contribution in [-0.4, -0.2) is 50.3 Å². The van der Waals surface area contributed by atoms with Crippen LogP contribution in [-0.2, 0) is 32.2 Å². The minimum absolute atomic E-state index is 0.0723. The summed E-state index contributed by atoms with van der Waals surface area (Å²) in [6.07, 6.45) is -3.62. The lowest BCUT2D eigenvalue weighted by Crippen LogP contribution is -2.54. The van der Waals surface area contributed by atoms with Gasteiger partial charge in [-0.05, 0) is 62.1 Å². The molecule has 0 heterocycles. The molecule has 232 valence electrons. The molecule has 3 rings (SSSR count). The van der Waals surface area contributed by atoms with E-state index >= 15 is 0 Å². The van der Waals surface area contributed by atoms with Gasteiger partial charge in [0.25, 0.3) is 10.0 Å². The maximum atomic E-state index is 14.0. The van der Waals surface area contributed by atoms with Gasteiger partial charge in [-0.1, -0.05) is 74.0 Å². The lowest BCUT2D eigenvalue weighted by atomic mass is 10.1. The zero-order valence-corrected chi connectivity index (χ0v) is 25.7. The number of nitrogens with one attached hydrogen (secondary N) is 1. The van der Waals surface area contributed by atoms with Crippen LogP contribution in [0.15, 0.2) is 83.8 Å². The molecule has 0 radical (unpaired) electrons. The Bertz CT molecular complexity index is 1490. The molecule has 0 bridgehead atoms. The smallest absolute Gasteiger partial charge is 0.352 e. The number of nitrogens with zero attached hydrogens (tertiary/aromatic N) is 2. The number of benzene rings is 3. The van der Waals surface area contributed by atoms with Crippen LogP contribution in [0.2, 0.25) is 5.02 Å². The zero-order chi connectivity index (χ0) is 31.8. The summed E-state index contributed by atoms with van der Waals surface area (Å²) in [5.74, 6) is -1.15. The highest BCUT2D eigenvalue weighted by atomic mass is 35.5. The monoisotopic (exact) mass is 637 g/mol. The highest BCUT2D eigenvalue weighted by Crippen LogP contribution is 2.38. The second-order valence-corrected chi connectivity index (χ2v) is 12.3. The number of sulfonamides is 1. The molecule has 0 aliphatic carbocycles. The molecule has 0 spiro atoms. The Balaban J connectivity index is 2.09. The predicted molar refractivity (Wildman–Crippen MR) is 161 cm³/mol. The highest BCUT2D eigenvalue weighted by molar-refractivity contribution is 7.92. The first-order valence-corrected chi connectivity index (χ1v) is 15.7. The van der Waals surface area contributed by atoms with Gasteiger partial charge in [0.05, 0.1) is 21.2 Å². The molecule has 0 unspecified atom stereocenters. The Morgan fingerprint density at radius 2 is 1.53 bits per heavy atom. The van der Waals surface area contributed by atoms with Gasteiger partial charge >= 0.3 is 6.18 Å². The Morgan fingerprint density at radius 1 is 0.930 bits per heavy atom. The molecular formula is C31H35ClF3N3O4S. The molecule has 0 aromatic heterocycles. The van der Waals surface area contributed by atoms with E-state index in [1.165, 1.54) is 29.2 Å². The van der Waals surface area contributed by atoms with Gasteiger partial charge in [0.1, 0.15) is 12.6 Å². The van der Waals surface area contributed by atoms with Crippen molar-refractivity contribution in [3.05, 3.63) is 95.0 Å². The van der Waals surface area contributed by atoms with Gasteiger partial charge < -0.3 is 10.2 Å². The van der Waals surface area contributed by atoms with E-state index < -0.39 is 56.9 Å². The summed E-state index contributed by atoms with van der Waals surface area (Å²) in [6, 6.07) is 17.9. The number of rotatable bonds is 13. The predicted octanol–water partition coefficient (Wildman–Crippen LogP) is 6.32. The Morgan fingerprint density at radius 3 is 2.09 bits per heavy atom. The lowest BCUT2D eigenvalue weighted by molar-refractivity contribution is -0.139. The Labute approximate surface area is 255 Å². The van der Waals surface area contributed by atoms with Crippen molar-refractivity contribution in [3.8, 4) is 0 Å². The number of hydrogen-bond acceptors (Lipinski definition) is 4. The SMILES string of the molecule is CC[C@@H](C)NC(=O)[C@H](CC)N(CCc1ccccc1)C(=O)CN(c1ccc(Cl)c(C(F)(F)F)c1)S(=O)(=O)c1ccccc1. The van der Waals surface area contributed by atoms with Crippen molar-refractivity contribution in [1.82, 2.24) is 10.2 Å². The van der Waals surface area contributed by atoms with Crippen molar-refractivity contribution in [2.24, 2.45) is 0 Å². The highest BCUT2D eigenvalue weighted by Gasteiger charge is 2.37. The van der Waals surface area contributed by atoms with E-state index in [9.17, 15) is 31.2 Å². The largest absolute Gasteiger partial charge is 0.417 e. The molecule has 0 aliphatic rings. The van der Waals surface area contributed by atoms with Crippen LogP contribution in [0.25, 0.3) is 0 Å². The van der Waals surface area contributed by atoms with Crippen molar-refractivity contribution in [2.45, 2.75) is 63.2 Å². The summed E-state index contributed by atoms with van der Waals surface area (Å²) in [7, 11) is -4.53. The third-order valence-corrected chi connectivity index (χ3v) is 9.14. The van der Waals surface area contributed by atoms with Crippen molar-refractivity contribution in [2.75, 3.05) is 17.4 Å². The summed E-state index contributed by atoms with van der Waals surface area (Å²) in [6.45, 7) is 4.68. The summed E-state index contributed by atoms with van der Waals surface area (Å²) < 4.78 is 69.6. The van der Waals surface area contributed by atoms with E-state index in [-0.39, 0.29) is 23.9 Å². The van der Waals surface area contributed by atoms with Gasteiger partial charge in [-0.3, -0.25) is 13.9 Å². The van der Waals surface area contributed by atoms with E-state index in [1.54, 1.807) is 13.0 Å². The van der Waals surface area contributed by atoms with E-state index in [0.717, 1.165) is 17.7 Å². The van der Waals surface area contributed by atoms with Gasteiger partial charge in [0, 0.05) is 12.6 Å². The molecule has 43 heavy (non-hydrogen) atoms. The van der Waals surface area contributed by atoms with E-state index in [1.807, 2.05) is 44.2 Å². The van der Waals surface area contributed by atoms with Crippen LogP contribution in [0.3, 0.4) is 0 Å². The van der Waals surface area contributed by atoms with Crippen LogP contribution < -0.4 is 9.62 Å². The number of alkyl halides is 3. The molecule has 1 N–H and O–H groups in total. The molecule has 0 aliphatic heterocycles. The average molecular weight is 638 g/mol. The lowest BCUT2D eigenvalue weighted by Gasteiger charge is -2.34. The van der Waals surface area contributed by atoms with Crippen molar-refractivity contribution in [3.63, 3.8) is 0 Å². The second kappa shape index (κ2) is 14.7. The number of halogens is 4. The fraction of sp³-hybridized carbons (Fsp3) is 0.355. The number of anilines is 1. The van der Waals surface area contributed by atoms with E-state index in [2.05, 4.69) is 5.32 Å². The third-order valence-electron chi connectivity index (χ3n) is 7.02. The molecule has 0 fully saturated rings. The number of amides is 2. The Kier molecular flexibility index (Phi) is 11.6. The van der Waals surface area contributed by atoms with Gasteiger partial charge in [-0.15, -0.1) is 0 Å². The molecule has 7 nitrogen and oxygen atoms in total. The van der Waals surface area contributed by atoms with Crippen molar-refractivity contribution < 1.29 is 31.2 Å². The van der Waals surface area contributed by atoms with Gasteiger partial charge in [0.2, 0.25) is 11.8 Å². The first kappa shape index (κ1) is 33.9. The van der Waals surface area contributed by atoms with Crippen molar-refractivity contribution in [1.29, 1.82) is 0 Å². The van der Waals surface area contributed by atoms with Crippen LogP contribution in [0.4, 0.5) is 18.9 Å². The molecule has 0 saturated heterocycles. The van der Waals surface area contributed by atoms with E-state index in [4.69, 9.17) is 11.6 Å². The van der Waals surface area contributed by atoms with Gasteiger partial charge in [-0.25, -0.2) is 8.42 Å². The summed E-state index contributed by atoms with van der Waals surface area (Å²) >= 11 is 5.81. The molecule has 3 aromatic carbocycles. The fourth-order valence-electron chi connectivity index (χ4n) is 4.47. The maximum absolute atomic E-state index is 14.0. The topological polar surface area (TPSA) is 86.8 Å². The molecular weight excluding hydrogens is 603 g/mol. The Hall–Kier alpha value is -3.57. The van der Waals surface area contributed by atoms with Crippen LogP contribution in [0, 0.1) is 0 Å². The molecule has 2 atom stereocenters. The average Bonchev–Trinajstić information content (AvgIpc) is 2.98. The standard InChI is InChI=1S/C31H35ClF3N3O4S/c1-4-22(3)36-30(40)28(5-2)37(19-18-23-12-8-6-9-13-23)29(39)21-38(43(41,42)25-14-10-7-11-15-25)24-16-17-27(32)26(20-24)31(33,34)35/h6-17,20,22,28H,4-5,18-19,21H2,1-3H3,(H,36,40)/t22-,28+/m1/s1. The summed E-state index contributed by atoms with van der Waals surface area (Å²) in [4.78, 5) is 28.4. The quantitative estimate of drug-likeness (QED) is 0.238. The van der Waals surface area contributed by atoms with Gasteiger partial charge in [0.15, 0.2) is 0 Å². The minimum atomic E-state index is -4.87. The first-order valence-electron chi connectivity index (χ1n) is 13.9. The van der Waals surface area contributed by atoms with Crippen LogP contribution in [0.1, 0.15) is 44.7 Å². The molecule has 12 heteroatoms. The van der Waals surface area contributed by atoms with Crippen molar-refractivity contribution >= 4 is 39.1 Å². The number of carbonyl (C=O) groups excluding carboxylic acids is 2. The van der Waals surface area contributed by atoms with E-state index in [0.29, 0.717) is 23.2 Å². The molecule has 2 amide bonds. The fourth-order valence-corrected chi connectivity index (χ4v) is 6.12. The van der Waals surface area contributed by atoms with Crippen LogP contribution in [0.5, 0.6) is 0 Å². The molecule has 0 saturated carbocycles. The second-order valence-electron chi connectivity index (χ2n) is 10.1. The normalized spacial score (nSPS) is 13.2. The number of hydrogen-bond donors (Lipinski definition) is 1.